The minimum absolute atomic E-state index is 0.552. The first-order valence-electron chi connectivity index (χ1n) is 6.54. The van der Waals surface area contributed by atoms with E-state index in [9.17, 15) is 5.26 Å². The molecule has 0 saturated heterocycles. The molecule has 0 amide bonds. The van der Waals surface area contributed by atoms with Gasteiger partial charge < -0.3 is 5.32 Å². The van der Waals surface area contributed by atoms with E-state index in [1.165, 1.54) is 0 Å². The average Bonchev–Trinajstić information content (AvgIpc) is 2.53. The third kappa shape index (κ3) is 3.04. The van der Waals surface area contributed by atoms with E-state index in [4.69, 9.17) is 0 Å². The van der Waals surface area contributed by atoms with Crippen LogP contribution in [0.3, 0.4) is 0 Å². The highest BCUT2D eigenvalue weighted by Gasteiger charge is 2.07. The molecular formula is C17H12BrN3. The molecule has 0 atom stereocenters. The van der Waals surface area contributed by atoms with Crippen molar-refractivity contribution >= 4 is 32.7 Å². The third-order valence-electron chi connectivity index (χ3n) is 3.20. The number of hydrogen-bond donors (Lipinski definition) is 1. The number of benzene rings is 2. The number of nitrogens with one attached hydrogen (secondary N) is 1. The Kier molecular flexibility index (Phi) is 3.85. The summed E-state index contributed by atoms with van der Waals surface area (Å²) < 4.78 is 0.977. The second-order valence-corrected chi connectivity index (χ2v) is 5.59. The number of aromatic nitrogens is 1. The number of rotatable bonds is 3. The molecule has 3 aromatic rings. The molecule has 0 radical (unpaired) electrons. The second kappa shape index (κ2) is 5.94. The number of halogens is 1. The lowest BCUT2D eigenvalue weighted by Gasteiger charge is -2.09. The van der Waals surface area contributed by atoms with Gasteiger partial charge in [-0.05, 0) is 29.8 Å². The zero-order valence-electron chi connectivity index (χ0n) is 11.2. The van der Waals surface area contributed by atoms with Crippen LogP contribution in [0.1, 0.15) is 11.1 Å². The minimum Gasteiger partial charge on any atom is -0.365 e. The van der Waals surface area contributed by atoms with Crippen molar-refractivity contribution in [3.05, 3.63) is 70.2 Å². The fraction of sp³-hybridized carbons (Fsp3) is 0.0588. The van der Waals surface area contributed by atoms with Crippen molar-refractivity contribution in [2.75, 3.05) is 5.32 Å². The Morgan fingerprint density at radius 1 is 1.10 bits per heavy atom. The molecule has 3 rings (SSSR count). The smallest absolute Gasteiger partial charge is 0.144 e. The highest BCUT2D eigenvalue weighted by atomic mass is 79.9. The van der Waals surface area contributed by atoms with Gasteiger partial charge in [-0.1, -0.05) is 46.3 Å². The average molecular weight is 338 g/mol. The van der Waals surface area contributed by atoms with Crippen LogP contribution in [-0.4, -0.2) is 4.98 Å². The number of nitrogens with zero attached hydrogens (tertiary/aromatic N) is 2. The zero-order valence-corrected chi connectivity index (χ0v) is 12.8. The summed E-state index contributed by atoms with van der Waals surface area (Å²) in [5, 5.41) is 13.5. The summed E-state index contributed by atoms with van der Waals surface area (Å²) in [4.78, 5) is 4.55. The maximum absolute atomic E-state index is 9.30. The molecule has 0 spiro atoms. The number of hydrogen-bond acceptors (Lipinski definition) is 3. The molecule has 0 unspecified atom stereocenters. The van der Waals surface area contributed by atoms with Gasteiger partial charge in [0.1, 0.15) is 11.9 Å². The van der Waals surface area contributed by atoms with Crippen LogP contribution in [0.4, 0.5) is 5.82 Å². The third-order valence-corrected chi connectivity index (χ3v) is 3.69. The van der Waals surface area contributed by atoms with Crippen molar-refractivity contribution in [3.8, 4) is 6.07 Å². The van der Waals surface area contributed by atoms with Gasteiger partial charge in [0.15, 0.2) is 0 Å². The molecule has 1 aromatic heterocycles. The van der Waals surface area contributed by atoms with Crippen molar-refractivity contribution in [2.24, 2.45) is 0 Å². The Morgan fingerprint density at radius 3 is 2.67 bits per heavy atom. The Hall–Kier alpha value is -2.38. The second-order valence-electron chi connectivity index (χ2n) is 4.67. The van der Waals surface area contributed by atoms with Gasteiger partial charge in [-0.2, -0.15) is 5.26 Å². The summed E-state index contributed by atoms with van der Waals surface area (Å²) in [6.07, 6.45) is 0. The molecule has 0 aliphatic rings. The van der Waals surface area contributed by atoms with Crippen LogP contribution in [0.2, 0.25) is 0 Å². The predicted octanol–water partition coefficient (Wildman–Crippen LogP) is 4.48. The lowest BCUT2D eigenvalue weighted by Crippen LogP contribution is -2.03. The van der Waals surface area contributed by atoms with Crippen LogP contribution in [0.5, 0.6) is 0 Å². The Bertz CT molecular complexity index is 823. The van der Waals surface area contributed by atoms with Gasteiger partial charge in [0.2, 0.25) is 0 Å². The van der Waals surface area contributed by atoms with Gasteiger partial charge in [0.25, 0.3) is 0 Å². The summed E-state index contributed by atoms with van der Waals surface area (Å²) in [7, 11) is 0. The van der Waals surface area contributed by atoms with Crippen LogP contribution < -0.4 is 5.32 Å². The van der Waals surface area contributed by atoms with Gasteiger partial charge in [-0.3, -0.25) is 0 Å². The fourth-order valence-electron chi connectivity index (χ4n) is 2.15. The monoisotopic (exact) mass is 337 g/mol. The first kappa shape index (κ1) is 13.6. The summed E-state index contributed by atoms with van der Waals surface area (Å²) >= 11 is 3.43. The van der Waals surface area contributed by atoms with Gasteiger partial charge in [-0.15, -0.1) is 0 Å². The zero-order chi connectivity index (χ0) is 14.7. The van der Waals surface area contributed by atoms with Crippen molar-refractivity contribution in [3.63, 3.8) is 0 Å². The standard InChI is InChI=1S/C17H12BrN3/c18-15-6-7-16-13(9-15)8-14(10-19)17(21-16)20-11-12-4-2-1-3-5-12/h1-9H,11H2,(H,20,21). The van der Waals surface area contributed by atoms with Gasteiger partial charge in [0, 0.05) is 16.4 Å². The molecule has 102 valence electrons. The predicted molar refractivity (Wildman–Crippen MR) is 87.9 cm³/mol. The Balaban J connectivity index is 1.94. The number of fused-ring (bicyclic) bond motifs is 1. The normalized spacial score (nSPS) is 10.3. The minimum atomic E-state index is 0.552. The number of anilines is 1. The molecule has 1 N–H and O–H groups in total. The van der Waals surface area contributed by atoms with E-state index in [2.05, 4.69) is 32.3 Å². The molecule has 0 fully saturated rings. The molecular weight excluding hydrogens is 326 g/mol. The summed E-state index contributed by atoms with van der Waals surface area (Å²) in [5.74, 6) is 0.621. The first-order chi connectivity index (χ1) is 10.3. The van der Waals surface area contributed by atoms with Gasteiger partial charge in [0.05, 0.1) is 11.1 Å². The van der Waals surface area contributed by atoms with E-state index in [1.807, 2.05) is 54.6 Å². The van der Waals surface area contributed by atoms with E-state index < -0.39 is 0 Å². The highest BCUT2D eigenvalue weighted by molar-refractivity contribution is 9.10. The van der Waals surface area contributed by atoms with Crippen LogP contribution in [-0.2, 0) is 6.54 Å². The van der Waals surface area contributed by atoms with E-state index in [1.54, 1.807) is 0 Å². The molecule has 3 nitrogen and oxygen atoms in total. The maximum Gasteiger partial charge on any atom is 0.144 e. The Labute approximate surface area is 131 Å². The number of nitriles is 1. The van der Waals surface area contributed by atoms with Gasteiger partial charge >= 0.3 is 0 Å². The van der Waals surface area contributed by atoms with Crippen LogP contribution in [0.15, 0.2) is 59.1 Å². The Morgan fingerprint density at radius 2 is 1.90 bits per heavy atom. The van der Waals surface area contributed by atoms with E-state index >= 15 is 0 Å². The van der Waals surface area contributed by atoms with Crippen molar-refractivity contribution in [1.82, 2.24) is 4.98 Å². The van der Waals surface area contributed by atoms with E-state index in [-0.39, 0.29) is 0 Å². The first-order valence-corrected chi connectivity index (χ1v) is 7.34. The molecule has 21 heavy (non-hydrogen) atoms. The lowest BCUT2D eigenvalue weighted by molar-refractivity contribution is 1.12. The SMILES string of the molecule is N#Cc1cc2cc(Br)ccc2nc1NCc1ccccc1. The topological polar surface area (TPSA) is 48.7 Å². The number of pyridine rings is 1. The van der Waals surface area contributed by atoms with Crippen molar-refractivity contribution < 1.29 is 0 Å². The molecule has 2 aromatic carbocycles. The highest BCUT2D eigenvalue weighted by Crippen LogP contribution is 2.23. The molecule has 1 heterocycles. The van der Waals surface area contributed by atoms with Crippen LogP contribution in [0.25, 0.3) is 10.9 Å². The van der Waals surface area contributed by atoms with E-state index in [0.29, 0.717) is 17.9 Å². The fourth-order valence-corrected chi connectivity index (χ4v) is 2.53. The largest absolute Gasteiger partial charge is 0.365 e. The summed E-state index contributed by atoms with van der Waals surface area (Å²) in [6, 6.07) is 20.0. The molecule has 0 bridgehead atoms. The van der Waals surface area contributed by atoms with Crippen molar-refractivity contribution in [2.45, 2.75) is 6.54 Å². The molecule has 0 aliphatic heterocycles. The molecule has 0 aliphatic carbocycles. The van der Waals surface area contributed by atoms with Crippen LogP contribution in [0, 0.1) is 11.3 Å². The van der Waals surface area contributed by atoms with Crippen molar-refractivity contribution in [1.29, 1.82) is 5.26 Å². The summed E-state index contributed by atoms with van der Waals surface area (Å²) in [6.45, 7) is 0.643. The van der Waals surface area contributed by atoms with Gasteiger partial charge in [-0.25, -0.2) is 4.98 Å². The van der Waals surface area contributed by atoms with Crippen LogP contribution >= 0.6 is 15.9 Å². The molecule has 4 heteroatoms. The summed E-state index contributed by atoms with van der Waals surface area (Å²) in [5.41, 5.74) is 2.57. The molecule has 0 saturated carbocycles. The lowest BCUT2D eigenvalue weighted by atomic mass is 10.1. The quantitative estimate of drug-likeness (QED) is 0.766. The van der Waals surface area contributed by atoms with E-state index in [0.717, 1.165) is 20.9 Å². The maximum atomic E-state index is 9.30.